The highest BCUT2D eigenvalue weighted by Gasteiger charge is 2.25. The van der Waals surface area contributed by atoms with Crippen molar-refractivity contribution >= 4 is 23.2 Å². The molecule has 0 spiro atoms. The van der Waals surface area contributed by atoms with Gasteiger partial charge in [0.2, 0.25) is 11.8 Å². The molecule has 1 N–H and O–H groups in total. The van der Waals surface area contributed by atoms with E-state index in [4.69, 9.17) is 4.74 Å². The van der Waals surface area contributed by atoms with E-state index in [9.17, 15) is 9.59 Å². The van der Waals surface area contributed by atoms with Crippen LogP contribution in [0.2, 0.25) is 0 Å². The fraction of sp³-hybridized carbons (Fsp3) is 0.619. The Bertz CT molecular complexity index is 635. The number of hydrogen-bond donors (Lipinski definition) is 1. The molecule has 1 heterocycles. The molecule has 1 saturated heterocycles. The minimum absolute atomic E-state index is 0.0153. The van der Waals surface area contributed by atoms with Gasteiger partial charge in [-0.1, -0.05) is 37.8 Å². The van der Waals surface area contributed by atoms with E-state index in [2.05, 4.69) is 10.2 Å². The van der Waals surface area contributed by atoms with E-state index < -0.39 is 0 Å². The van der Waals surface area contributed by atoms with E-state index in [1.165, 1.54) is 12.8 Å². The molecule has 0 aromatic heterocycles. The molecule has 1 aliphatic carbocycles. The van der Waals surface area contributed by atoms with Gasteiger partial charge in [0, 0.05) is 26.1 Å². The second kappa shape index (κ2) is 9.74. The highest BCUT2D eigenvalue weighted by molar-refractivity contribution is 5.97. The number of rotatable bonds is 5. The van der Waals surface area contributed by atoms with Crippen LogP contribution in [0.15, 0.2) is 24.3 Å². The van der Waals surface area contributed by atoms with Gasteiger partial charge in [-0.25, -0.2) is 0 Å². The second-order valence-electron chi connectivity index (χ2n) is 7.46. The van der Waals surface area contributed by atoms with Gasteiger partial charge in [-0.3, -0.25) is 9.59 Å². The molecule has 6 nitrogen and oxygen atoms in total. The number of para-hydroxylation sites is 2. The standard InChI is InChI=1S/C21H31N3O3/c1-17(25)24(18-8-4-2-3-5-9-18)16-21(26)22-19-10-6-7-11-20(19)23-12-14-27-15-13-23/h6-7,10-11,18H,2-5,8-9,12-16H2,1H3,(H,22,26). The van der Waals surface area contributed by atoms with Gasteiger partial charge >= 0.3 is 0 Å². The van der Waals surface area contributed by atoms with Gasteiger partial charge in [-0.15, -0.1) is 0 Å². The van der Waals surface area contributed by atoms with Gasteiger partial charge in [0.05, 0.1) is 24.6 Å². The summed E-state index contributed by atoms with van der Waals surface area (Å²) in [4.78, 5) is 28.9. The van der Waals surface area contributed by atoms with Crippen molar-refractivity contribution in [3.05, 3.63) is 24.3 Å². The number of benzene rings is 1. The number of nitrogens with zero attached hydrogens (tertiary/aromatic N) is 2. The normalized spacial score (nSPS) is 18.6. The first-order chi connectivity index (χ1) is 13.1. The quantitative estimate of drug-likeness (QED) is 0.806. The molecule has 27 heavy (non-hydrogen) atoms. The van der Waals surface area contributed by atoms with Crippen molar-refractivity contribution in [3.63, 3.8) is 0 Å². The highest BCUT2D eigenvalue weighted by atomic mass is 16.5. The number of carbonyl (C=O) groups is 2. The van der Waals surface area contributed by atoms with Crippen molar-refractivity contribution in [2.45, 2.75) is 51.5 Å². The monoisotopic (exact) mass is 373 g/mol. The fourth-order valence-electron chi connectivity index (χ4n) is 4.07. The Balaban J connectivity index is 1.66. The molecule has 2 aliphatic rings. The summed E-state index contributed by atoms with van der Waals surface area (Å²) >= 11 is 0. The molecule has 2 fully saturated rings. The van der Waals surface area contributed by atoms with Crippen LogP contribution in [0.5, 0.6) is 0 Å². The lowest BCUT2D eigenvalue weighted by Gasteiger charge is -2.31. The average molecular weight is 373 g/mol. The maximum absolute atomic E-state index is 12.7. The number of nitrogens with one attached hydrogen (secondary N) is 1. The Morgan fingerprint density at radius 2 is 1.78 bits per heavy atom. The van der Waals surface area contributed by atoms with Crippen molar-refractivity contribution in [3.8, 4) is 0 Å². The highest BCUT2D eigenvalue weighted by Crippen LogP contribution is 2.27. The minimum atomic E-state index is -0.129. The third-order valence-electron chi connectivity index (χ3n) is 5.51. The van der Waals surface area contributed by atoms with Crippen molar-refractivity contribution in [2.75, 3.05) is 43.1 Å². The van der Waals surface area contributed by atoms with Crippen LogP contribution in [0.4, 0.5) is 11.4 Å². The summed E-state index contributed by atoms with van der Waals surface area (Å²) in [5.74, 6) is -0.145. The molecule has 0 unspecified atom stereocenters. The molecule has 0 bridgehead atoms. The number of anilines is 2. The van der Waals surface area contributed by atoms with E-state index in [1.807, 2.05) is 24.3 Å². The van der Waals surface area contributed by atoms with Gasteiger partial charge in [-0.05, 0) is 25.0 Å². The van der Waals surface area contributed by atoms with E-state index in [-0.39, 0.29) is 24.4 Å². The number of carbonyl (C=O) groups excluding carboxylic acids is 2. The second-order valence-corrected chi connectivity index (χ2v) is 7.46. The van der Waals surface area contributed by atoms with Crippen LogP contribution in [-0.4, -0.2) is 55.6 Å². The Morgan fingerprint density at radius 3 is 2.44 bits per heavy atom. The fourth-order valence-corrected chi connectivity index (χ4v) is 4.07. The van der Waals surface area contributed by atoms with Gasteiger partial charge in [0.25, 0.3) is 0 Å². The minimum Gasteiger partial charge on any atom is -0.378 e. The molecular weight excluding hydrogens is 342 g/mol. The van der Waals surface area contributed by atoms with E-state index in [0.717, 1.165) is 50.1 Å². The summed E-state index contributed by atoms with van der Waals surface area (Å²) in [6, 6.07) is 8.04. The molecular formula is C21H31N3O3. The third-order valence-corrected chi connectivity index (χ3v) is 5.51. The average Bonchev–Trinajstić information content (AvgIpc) is 2.96. The predicted molar refractivity (Wildman–Crippen MR) is 107 cm³/mol. The number of morpholine rings is 1. The Kier molecular flexibility index (Phi) is 7.10. The topological polar surface area (TPSA) is 61.9 Å². The van der Waals surface area contributed by atoms with E-state index in [1.54, 1.807) is 11.8 Å². The maximum atomic E-state index is 12.7. The first kappa shape index (κ1) is 19.7. The van der Waals surface area contributed by atoms with Gasteiger partial charge in [0.15, 0.2) is 0 Å². The van der Waals surface area contributed by atoms with Crippen LogP contribution >= 0.6 is 0 Å². The molecule has 148 valence electrons. The lowest BCUT2D eigenvalue weighted by atomic mass is 10.1. The Hall–Kier alpha value is -2.08. The van der Waals surface area contributed by atoms with Crippen molar-refractivity contribution in [1.29, 1.82) is 0 Å². The van der Waals surface area contributed by atoms with Gasteiger partial charge < -0.3 is 19.9 Å². The summed E-state index contributed by atoms with van der Waals surface area (Å²) in [6.07, 6.45) is 6.71. The lowest BCUT2D eigenvalue weighted by molar-refractivity contribution is -0.135. The van der Waals surface area contributed by atoms with Crippen LogP contribution in [0, 0.1) is 0 Å². The third kappa shape index (κ3) is 5.45. The summed E-state index contributed by atoms with van der Waals surface area (Å²) in [5, 5.41) is 3.03. The molecule has 0 atom stereocenters. The maximum Gasteiger partial charge on any atom is 0.244 e. The number of ether oxygens (including phenoxy) is 1. The first-order valence-corrected chi connectivity index (χ1v) is 10.1. The van der Waals surface area contributed by atoms with Crippen LogP contribution in [0.25, 0.3) is 0 Å². The zero-order chi connectivity index (χ0) is 19.1. The molecule has 6 heteroatoms. The van der Waals surface area contributed by atoms with Gasteiger partial charge in [-0.2, -0.15) is 0 Å². The van der Waals surface area contributed by atoms with E-state index in [0.29, 0.717) is 13.2 Å². The van der Waals surface area contributed by atoms with Crippen molar-refractivity contribution in [1.82, 2.24) is 4.90 Å². The van der Waals surface area contributed by atoms with Crippen molar-refractivity contribution < 1.29 is 14.3 Å². The summed E-state index contributed by atoms with van der Waals surface area (Å²) < 4.78 is 5.43. The number of amides is 2. The summed E-state index contributed by atoms with van der Waals surface area (Å²) in [5.41, 5.74) is 1.81. The van der Waals surface area contributed by atoms with Gasteiger partial charge in [0.1, 0.15) is 6.54 Å². The zero-order valence-electron chi connectivity index (χ0n) is 16.3. The molecule has 1 aliphatic heterocycles. The summed E-state index contributed by atoms with van der Waals surface area (Å²) in [6.45, 7) is 4.71. The zero-order valence-corrected chi connectivity index (χ0v) is 16.3. The van der Waals surface area contributed by atoms with Crippen LogP contribution in [-0.2, 0) is 14.3 Å². The Labute approximate surface area is 161 Å². The van der Waals surface area contributed by atoms with Crippen LogP contribution in [0.3, 0.4) is 0 Å². The molecule has 1 aromatic rings. The number of hydrogen-bond acceptors (Lipinski definition) is 4. The molecule has 0 radical (unpaired) electrons. The van der Waals surface area contributed by atoms with E-state index >= 15 is 0 Å². The molecule has 1 saturated carbocycles. The van der Waals surface area contributed by atoms with Crippen LogP contribution < -0.4 is 10.2 Å². The molecule has 2 amide bonds. The Morgan fingerprint density at radius 1 is 1.11 bits per heavy atom. The predicted octanol–water partition coefficient (Wildman–Crippen LogP) is 3.03. The molecule has 3 rings (SSSR count). The molecule has 1 aromatic carbocycles. The lowest BCUT2D eigenvalue weighted by Crippen LogP contribution is -2.44. The summed E-state index contributed by atoms with van der Waals surface area (Å²) in [7, 11) is 0. The first-order valence-electron chi connectivity index (χ1n) is 10.1. The smallest absolute Gasteiger partial charge is 0.244 e. The van der Waals surface area contributed by atoms with Crippen molar-refractivity contribution in [2.24, 2.45) is 0 Å². The van der Waals surface area contributed by atoms with Crippen LogP contribution in [0.1, 0.15) is 45.4 Å². The SMILES string of the molecule is CC(=O)N(CC(=O)Nc1ccccc1N1CCOCC1)C1CCCCCC1. The largest absolute Gasteiger partial charge is 0.378 e.